The van der Waals surface area contributed by atoms with E-state index < -0.39 is 0 Å². The van der Waals surface area contributed by atoms with Crippen LogP contribution in [0.2, 0.25) is 0 Å². The summed E-state index contributed by atoms with van der Waals surface area (Å²) in [6, 6.07) is 27.3. The Morgan fingerprint density at radius 1 is 0.537 bits per heavy atom. The molecule has 204 valence electrons. The molecule has 0 saturated carbocycles. The lowest BCUT2D eigenvalue weighted by Gasteiger charge is -2.09. The summed E-state index contributed by atoms with van der Waals surface area (Å²) >= 11 is 0. The number of ether oxygens (including phenoxy) is 2. The quantitative estimate of drug-likeness (QED) is 0.108. The molecule has 0 aliphatic carbocycles. The van der Waals surface area contributed by atoms with Gasteiger partial charge in [0.25, 0.3) is 0 Å². The maximum absolute atomic E-state index is 13.0. The van der Waals surface area contributed by atoms with E-state index in [0.717, 1.165) is 11.3 Å². The van der Waals surface area contributed by atoms with Crippen LogP contribution in [0.4, 0.5) is 0 Å². The molecule has 0 bridgehead atoms. The number of hydrogen-bond donors (Lipinski definition) is 0. The molecule has 0 aliphatic rings. The van der Waals surface area contributed by atoms with Crippen LogP contribution in [-0.4, -0.2) is 17.3 Å². The third-order valence-electron chi connectivity index (χ3n) is 6.32. The van der Waals surface area contributed by atoms with Gasteiger partial charge in [0.1, 0.15) is 23.0 Å². The summed E-state index contributed by atoms with van der Waals surface area (Å²) < 4.78 is 11.7. The normalized spacial score (nSPS) is 11.5. The molecule has 0 aliphatic heterocycles. The molecule has 0 heterocycles. The molecule has 4 aromatic carbocycles. The van der Waals surface area contributed by atoms with Crippen molar-refractivity contribution < 1.29 is 23.9 Å². The zero-order chi connectivity index (χ0) is 29.4. The standard InChI is InChI=1S/C36H30O5/c1-5-24(2)6-7-25(3)40-32-18-12-29(13-19-32)36(39)31-16-22-34(23-17-31)41-33-20-14-30(15-21-33)35(38)28-10-8-27(9-11-28)26(4)37/h5-23H,1H2,2-4H3/b24-6-,25-7+. The Morgan fingerprint density at radius 3 is 1.29 bits per heavy atom. The van der Waals surface area contributed by atoms with E-state index in [1.54, 1.807) is 103 Å². The van der Waals surface area contributed by atoms with Crippen LogP contribution < -0.4 is 9.47 Å². The van der Waals surface area contributed by atoms with E-state index in [4.69, 9.17) is 9.47 Å². The first-order valence-corrected chi connectivity index (χ1v) is 13.1. The van der Waals surface area contributed by atoms with E-state index in [0.29, 0.717) is 45.1 Å². The molecule has 4 aromatic rings. The van der Waals surface area contributed by atoms with Crippen LogP contribution in [0, 0.1) is 0 Å². The number of Topliss-reactive ketones (excluding diaryl/α,β-unsaturated/α-hetero) is 1. The van der Waals surface area contributed by atoms with Crippen molar-refractivity contribution in [1.29, 1.82) is 0 Å². The Kier molecular flexibility index (Phi) is 9.23. The second kappa shape index (κ2) is 13.2. The maximum Gasteiger partial charge on any atom is 0.193 e. The largest absolute Gasteiger partial charge is 0.462 e. The van der Waals surface area contributed by atoms with Crippen molar-refractivity contribution >= 4 is 17.3 Å². The molecule has 41 heavy (non-hydrogen) atoms. The SMILES string of the molecule is C=C/C(C)=C\C=C(/C)Oc1ccc(C(=O)c2ccc(Oc3ccc(C(=O)c4ccc(C(C)=O)cc4)cc3)cc2)cc1. The van der Waals surface area contributed by atoms with Crippen LogP contribution in [-0.2, 0) is 0 Å². The first kappa shape index (κ1) is 28.7. The summed E-state index contributed by atoms with van der Waals surface area (Å²) in [6.07, 6.45) is 5.55. The molecule has 0 spiro atoms. The van der Waals surface area contributed by atoms with Crippen LogP contribution in [0.1, 0.15) is 63.0 Å². The van der Waals surface area contributed by atoms with Crippen molar-refractivity contribution in [3.63, 3.8) is 0 Å². The molecular formula is C36H30O5. The van der Waals surface area contributed by atoms with Crippen LogP contribution in [0.3, 0.4) is 0 Å². The highest BCUT2D eigenvalue weighted by Crippen LogP contribution is 2.24. The zero-order valence-corrected chi connectivity index (χ0v) is 23.2. The lowest BCUT2D eigenvalue weighted by molar-refractivity contribution is 0.101. The van der Waals surface area contributed by atoms with Gasteiger partial charge < -0.3 is 9.47 Å². The van der Waals surface area contributed by atoms with Gasteiger partial charge in [0, 0.05) is 27.8 Å². The molecule has 0 aromatic heterocycles. The molecule has 0 saturated heterocycles. The summed E-state index contributed by atoms with van der Waals surface area (Å²) in [5, 5.41) is 0. The summed E-state index contributed by atoms with van der Waals surface area (Å²) in [6.45, 7) is 9.03. The summed E-state index contributed by atoms with van der Waals surface area (Å²) in [7, 11) is 0. The molecule has 0 fully saturated rings. The predicted molar refractivity (Wildman–Crippen MR) is 161 cm³/mol. The van der Waals surface area contributed by atoms with Crippen molar-refractivity contribution in [3.05, 3.63) is 161 Å². The summed E-state index contributed by atoms with van der Waals surface area (Å²) in [4.78, 5) is 37.2. The molecular weight excluding hydrogens is 512 g/mol. The summed E-state index contributed by atoms with van der Waals surface area (Å²) in [5.74, 6) is 2.18. The Balaban J connectivity index is 1.36. The number of benzene rings is 4. The van der Waals surface area contributed by atoms with E-state index in [-0.39, 0.29) is 17.3 Å². The monoisotopic (exact) mass is 542 g/mol. The Hall–Kier alpha value is -5.29. The number of carbonyl (C=O) groups excluding carboxylic acids is 3. The highest BCUT2D eigenvalue weighted by atomic mass is 16.5. The maximum atomic E-state index is 13.0. The fourth-order valence-corrected chi connectivity index (χ4v) is 3.89. The van der Waals surface area contributed by atoms with E-state index in [1.165, 1.54) is 6.92 Å². The van der Waals surface area contributed by atoms with E-state index in [2.05, 4.69) is 6.58 Å². The smallest absolute Gasteiger partial charge is 0.193 e. The Morgan fingerprint density at radius 2 is 0.902 bits per heavy atom. The van der Waals surface area contributed by atoms with Crippen LogP contribution in [0.5, 0.6) is 17.2 Å². The van der Waals surface area contributed by atoms with E-state index in [1.807, 2.05) is 26.0 Å². The number of rotatable bonds is 11. The molecule has 0 N–H and O–H groups in total. The number of carbonyl (C=O) groups is 3. The molecule has 0 radical (unpaired) electrons. The van der Waals surface area contributed by atoms with Crippen LogP contribution in [0.15, 0.2) is 133 Å². The highest BCUT2D eigenvalue weighted by molar-refractivity contribution is 6.10. The average molecular weight is 543 g/mol. The van der Waals surface area contributed by atoms with Gasteiger partial charge in [0.05, 0.1) is 0 Å². The van der Waals surface area contributed by atoms with Gasteiger partial charge in [-0.15, -0.1) is 0 Å². The average Bonchev–Trinajstić information content (AvgIpc) is 3.00. The van der Waals surface area contributed by atoms with Crippen molar-refractivity contribution in [3.8, 4) is 17.2 Å². The van der Waals surface area contributed by atoms with Gasteiger partial charge in [-0.1, -0.05) is 48.6 Å². The molecule has 5 nitrogen and oxygen atoms in total. The van der Waals surface area contributed by atoms with Gasteiger partial charge in [-0.25, -0.2) is 0 Å². The van der Waals surface area contributed by atoms with E-state index >= 15 is 0 Å². The van der Waals surface area contributed by atoms with Crippen molar-refractivity contribution in [2.45, 2.75) is 20.8 Å². The third kappa shape index (κ3) is 7.64. The third-order valence-corrected chi connectivity index (χ3v) is 6.32. The second-order valence-electron chi connectivity index (χ2n) is 9.46. The minimum absolute atomic E-state index is 0.0469. The minimum Gasteiger partial charge on any atom is -0.462 e. The number of allylic oxidation sites excluding steroid dienone is 5. The molecule has 0 unspecified atom stereocenters. The van der Waals surface area contributed by atoms with Gasteiger partial charge >= 0.3 is 0 Å². The molecule has 0 atom stereocenters. The van der Waals surface area contributed by atoms with Gasteiger partial charge in [-0.2, -0.15) is 0 Å². The second-order valence-corrected chi connectivity index (χ2v) is 9.46. The minimum atomic E-state index is -0.142. The molecule has 5 heteroatoms. The number of hydrogen-bond acceptors (Lipinski definition) is 5. The fraction of sp³-hybridized carbons (Fsp3) is 0.0833. The van der Waals surface area contributed by atoms with Gasteiger partial charge in [0.2, 0.25) is 0 Å². The zero-order valence-electron chi connectivity index (χ0n) is 23.2. The lowest BCUT2D eigenvalue weighted by Crippen LogP contribution is -2.02. The first-order valence-electron chi connectivity index (χ1n) is 13.1. The Labute approximate surface area is 240 Å². The fourth-order valence-electron chi connectivity index (χ4n) is 3.89. The van der Waals surface area contributed by atoms with Crippen LogP contribution in [0.25, 0.3) is 0 Å². The highest BCUT2D eigenvalue weighted by Gasteiger charge is 2.12. The van der Waals surface area contributed by atoms with Gasteiger partial charge in [-0.05, 0) is 99.6 Å². The van der Waals surface area contributed by atoms with Crippen molar-refractivity contribution in [2.24, 2.45) is 0 Å². The van der Waals surface area contributed by atoms with Gasteiger partial charge in [-0.3, -0.25) is 14.4 Å². The van der Waals surface area contributed by atoms with E-state index in [9.17, 15) is 14.4 Å². The predicted octanol–water partition coefficient (Wildman–Crippen LogP) is 8.56. The van der Waals surface area contributed by atoms with Crippen molar-refractivity contribution in [1.82, 2.24) is 0 Å². The molecule has 0 amide bonds. The summed E-state index contributed by atoms with van der Waals surface area (Å²) in [5.41, 5.74) is 3.69. The van der Waals surface area contributed by atoms with Crippen molar-refractivity contribution in [2.75, 3.05) is 0 Å². The number of ketones is 3. The van der Waals surface area contributed by atoms with Gasteiger partial charge in [0.15, 0.2) is 17.3 Å². The lowest BCUT2D eigenvalue weighted by atomic mass is 10.0. The topological polar surface area (TPSA) is 69.7 Å². The first-order chi connectivity index (χ1) is 19.7. The Bertz CT molecular complexity index is 1620. The van der Waals surface area contributed by atoms with Crippen LogP contribution >= 0.6 is 0 Å². The molecule has 4 rings (SSSR count).